The number of amides is 2. The zero-order valence-corrected chi connectivity index (χ0v) is 19.4. The highest BCUT2D eigenvalue weighted by atomic mass is 16.5. The first-order chi connectivity index (χ1) is 17.0. The molecule has 6 atom stereocenters. The maximum atomic E-state index is 13.4. The minimum absolute atomic E-state index is 0.0156. The molecule has 3 saturated carbocycles. The number of aliphatic carboxylic acids is 1. The molecule has 180 valence electrons. The van der Waals surface area contributed by atoms with Crippen molar-refractivity contribution in [2.24, 2.45) is 23.2 Å². The summed E-state index contributed by atoms with van der Waals surface area (Å²) in [5, 5.41) is 12.4. The maximum absolute atomic E-state index is 13.4. The van der Waals surface area contributed by atoms with Gasteiger partial charge >= 0.3 is 12.1 Å². The van der Waals surface area contributed by atoms with Gasteiger partial charge in [-0.3, -0.25) is 9.59 Å². The Kier molecular flexibility index (Phi) is 4.39. The average Bonchev–Trinajstić information content (AvgIpc) is 3.25. The first-order valence-corrected chi connectivity index (χ1v) is 12.6. The van der Waals surface area contributed by atoms with Crippen LogP contribution >= 0.6 is 0 Å². The van der Waals surface area contributed by atoms with Gasteiger partial charge in [-0.15, -0.1) is 0 Å². The fourth-order valence-electron chi connectivity index (χ4n) is 7.58. The minimum Gasteiger partial charge on any atom is -0.481 e. The van der Waals surface area contributed by atoms with Gasteiger partial charge in [0.05, 0.1) is 11.3 Å². The Hall–Kier alpha value is -3.35. The minimum atomic E-state index is -0.785. The van der Waals surface area contributed by atoms with Gasteiger partial charge in [0.15, 0.2) is 0 Å². The van der Waals surface area contributed by atoms with Crippen molar-refractivity contribution in [3.63, 3.8) is 0 Å². The van der Waals surface area contributed by atoms with Crippen LogP contribution in [0.2, 0.25) is 0 Å². The highest BCUT2D eigenvalue weighted by Crippen LogP contribution is 2.65. The van der Waals surface area contributed by atoms with Crippen molar-refractivity contribution >= 4 is 18.0 Å². The molecule has 2 bridgehead atoms. The van der Waals surface area contributed by atoms with Crippen molar-refractivity contribution in [3.05, 3.63) is 59.7 Å². The smallest absolute Gasteiger partial charge is 0.407 e. The van der Waals surface area contributed by atoms with Gasteiger partial charge in [0.25, 0.3) is 0 Å². The van der Waals surface area contributed by atoms with Crippen LogP contribution in [0, 0.1) is 23.2 Å². The number of benzene rings is 2. The molecule has 7 heteroatoms. The van der Waals surface area contributed by atoms with Crippen molar-refractivity contribution in [1.29, 1.82) is 0 Å². The van der Waals surface area contributed by atoms with Gasteiger partial charge in [-0.1, -0.05) is 48.5 Å². The number of nitrogens with one attached hydrogen (secondary N) is 1. The van der Waals surface area contributed by atoms with Gasteiger partial charge in [-0.2, -0.15) is 0 Å². The number of carbonyl (C=O) groups excluding carboxylic acids is 2. The van der Waals surface area contributed by atoms with Crippen LogP contribution in [0.1, 0.15) is 42.7 Å². The Bertz CT molecular complexity index is 1210. The summed E-state index contributed by atoms with van der Waals surface area (Å²) in [6.45, 7) is 0.840. The number of ether oxygens (including phenoxy) is 1. The van der Waals surface area contributed by atoms with Crippen LogP contribution in [0.25, 0.3) is 11.1 Å². The van der Waals surface area contributed by atoms with Gasteiger partial charge < -0.3 is 20.1 Å². The van der Waals surface area contributed by atoms with E-state index in [1.54, 1.807) is 0 Å². The van der Waals surface area contributed by atoms with Crippen molar-refractivity contribution in [2.75, 3.05) is 13.2 Å². The number of alkyl carbamates (subject to hydrolysis) is 1. The summed E-state index contributed by atoms with van der Waals surface area (Å²) in [7, 11) is 0. The third kappa shape index (κ3) is 3.00. The van der Waals surface area contributed by atoms with E-state index in [0.29, 0.717) is 13.0 Å². The van der Waals surface area contributed by atoms with E-state index in [1.165, 1.54) is 22.3 Å². The Morgan fingerprint density at radius 2 is 1.69 bits per heavy atom. The second kappa shape index (κ2) is 7.33. The van der Waals surface area contributed by atoms with Gasteiger partial charge in [0.2, 0.25) is 5.91 Å². The first kappa shape index (κ1) is 21.0. The molecule has 0 aromatic heterocycles. The molecule has 0 radical (unpaired) electrons. The molecule has 6 aliphatic rings. The Morgan fingerprint density at radius 3 is 2.34 bits per heavy atom. The summed E-state index contributed by atoms with van der Waals surface area (Å²) in [6, 6.07) is 16.3. The lowest BCUT2D eigenvalue weighted by atomic mass is 9.74. The summed E-state index contributed by atoms with van der Waals surface area (Å²) in [5.74, 6) is -0.685. The summed E-state index contributed by atoms with van der Waals surface area (Å²) in [6.07, 6.45) is 2.62. The normalized spacial score (nSPS) is 33.4. The van der Waals surface area contributed by atoms with E-state index in [9.17, 15) is 19.5 Å². The number of carboxylic acid groups (broad SMARTS) is 1. The lowest BCUT2D eigenvalue weighted by molar-refractivity contribution is -0.149. The first-order valence-electron chi connectivity index (χ1n) is 12.6. The average molecular weight is 473 g/mol. The molecule has 0 spiro atoms. The topological polar surface area (TPSA) is 95.9 Å². The molecule has 2 N–H and O–H groups in total. The molecular formula is C28H28N2O5. The van der Waals surface area contributed by atoms with Crippen LogP contribution in [-0.4, -0.2) is 53.2 Å². The Labute approximate surface area is 203 Å². The molecular weight excluding hydrogens is 444 g/mol. The van der Waals surface area contributed by atoms with Gasteiger partial charge in [0, 0.05) is 24.5 Å². The van der Waals surface area contributed by atoms with E-state index < -0.39 is 23.4 Å². The third-order valence-corrected chi connectivity index (χ3v) is 9.35. The van der Waals surface area contributed by atoms with Gasteiger partial charge in [0.1, 0.15) is 6.61 Å². The molecule has 4 aliphatic carbocycles. The van der Waals surface area contributed by atoms with Gasteiger partial charge in [-0.25, -0.2) is 4.79 Å². The van der Waals surface area contributed by atoms with Crippen molar-refractivity contribution < 1.29 is 24.2 Å². The number of rotatable bonds is 5. The second-order valence-corrected chi connectivity index (χ2v) is 11.0. The number of hydrogen-bond acceptors (Lipinski definition) is 4. The summed E-state index contributed by atoms with van der Waals surface area (Å²) in [4.78, 5) is 39.4. The molecule has 2 saturated heterocycles. The fraction of sp³-hybridized carbons (Fsp3) is 0.464. The number of hydrogen-bond donors (Lipinski definition) is 2. The fourth-order valence-corrected chi connectivity index (χ4v) is 7.58. The third-order valence-electron chi connectivity index (χ3n) is 9.35. The lowest BCUT2D eigenvalue weighted by Crippen LogP contribution is -2.47. The predicted molar refractivity (Wildman–Crippen MR) is 127 cm³/mol. The maximum Gasteiger partial charge on any atom is 0.407 e. The molecule has 7 nitrogen and oxygen atoms in total. The molecule has 2 aromatic rings. The number of carboxylic acids is 1. The molecule has 2 aromatic carbocycles. The largest absolute Gasteiger partial charge is 0.481 e. The highest BCUT2D eigenvalue weighted by Gasteiger charge is 2.69. The van der Waals surface area contributed by atoms with E-state index >= 15 is 0 Å². The highest BCUT2D eigenvalue weighted by molar-refractivity contribution is 5.89. The van der Waals surface area contributed by atoms with E-state index in [2.05, 4.69) is 29.6 Å². The van der Waals surface area contributed by atoms with Crippen LogP contribution in [0.15, 0.2) is 48.5 Å². The van der Waals surface area contributed by atoms with Crippen LogP contribution < -0.4 is 5.32 Å². The van der Waals surface area contributed by atoms with E-state index in [0.717, 1.165) is 19.3 Å². The number of nitrogens with zero attached hydrogens (tertiary/aromatic N) is 1. The number of fused-ring (bicyclic) bond motifs is 5. The van der Waals surface area contributed by atoms with Crippen molar-refractivity contribution in [1.82, 2.24) is 10.2 Å². The molecule has 8 rings (SSSR count). The van der Waals surface area contributed by atoms with Crippen LogP contribution in [0.4, 0.5) is 4.79 Å². The monoisotopic (exact) mass is 472 g/mol. The summed E-state index contributed by atoms with van der Waals surface area (Å²) in [5.41, 5.74) is 4.33. The van der Waals surface area contributed by atoms with E-state index in [-0.39, 0.29) is 42.4 Å². The molecule has 35 heavy (non-hydrogen) atoms. The van der Waals surface area contributed by atoms with Crippen molar-refractivity contribution in [3.8, 4) is 11.1 Å². The molecule has 3 unspecified atom stereocenters. The summed E-state index contributed by atoms with van der Waals surface area (Å²) < 4.78 is 5.70. The lowest BCUT2D eigenvalue weighted by Gasteiger charge is -2.34. The zero-order chi connectivity index (χ0) is 23.9. The SMILES string of the molecule is O=C(N[C@H]1C[C@@H]2C[C@]2(C(=O)N2CC3CC2C3C(=O)O)C1)OCC1c2ccccc2-c2ccccc21. The summed E-state index contributed by atoms with van der Waals surface area (Å²) >= 11 is 0. The Morgan fingerprint density at radius 1 is 1.00 bits per heavy atom. The second-order valence-electron chi connectivity index (χ2n) is 11.0. The standard InChI is InChI=1S/C28H28N2O5/c31-25(32)24-15-9-23(24)30(13-15)26(33)28-11-16(28)10-17(12-28)29-27(34)35-14-22-20-7-3-1-5-18(20)19-6-2-4-8-21(19)22/h1-8,15-17,22-24H,9-14H2,(H,29,34)(H,31,32)/t15?,16-,17+,23?,24?,28+/m1/s1. The quantitative estimate of drug-likeness (QED) is 0.693. The van der Waals surface area contributed by atoms with E-state index in [1.807, 2.05) is 29.2 Å². The Balaban J connectivity index is 0.974. The molecule has 2 amide bonds. The molecule has 2 heterocycles. The number of carbonyl (C=O) groups is 3. The molecule has 5 fully saturated rings. The van der Waals surface area contributed by atoms with E-state index in [4.69, 9.17) is 4.74 Å². The zero-order valence-electron chi connectivity index (χ0n) is 19.4. The van der Waals surface area contributed by atoms with Crippen LogP contribution in [0.5, 0.6) is 0 Å². The van der Waals surface area contributed by atoms with Crippen LogP contribution in [0.3, 0.4) is 0 Å². The molecule has 2 aliphatic heterocycles. The van der Waals surface area contributed by atoms with Crippen LogP contribution in [-0.2, 0) is 14.3 Å². The predicted octanol–water partition coefficient (Wildman–Crippen LogP) is 3.63. The van der Waals surface area contributed by atoms with Gasteiger partial charge in [-0.05, 0) is 59.8 Å². The van der Waals surface area contributed by atoms with Crippen molar-refractivity contribution in [2.45, 2.75) is 43.7 Å².